The molecule has 1 aliphatic carbocycles. The summed E-state index contributed by atoms with van der Waals surface area (Å²) in [5.74, 6) is 0.589. The Kier molecular flexibility index (Phi) is 5.06. The van der Waals surface area contributed by atoms with E-state index in [4.69, 9.17) is 0 Å². The van der Waals surface area contributed by atoms with Gasteiger partial charge in [0.1, 0.15) is 0 Å². The third-order valence-corrected chi connectivity index (χ3v) is 5.03. The van der Waals surface area contributed by atoms with Crippen LogP contribution in [-0.4, -0.2) is 38.1 Å². The van der Waals surface area contributed by atoms with Crippen molar-refractivity contribution >= 4 is 20.1 Å². The quantitative estimate of drug-likeness (QED) is 0.557. The Morgan fingerprint density at radius 2 is 2.12 bits per heavy atom. The molecule has 0 bridgehead atoms. The summed E-state index contributed by atoms with van der Waals surface area (Å²) in [6.07, 6.45) is 13.6. The molecule has 1 saturated heterocycles. The van der Waals surface area contributed by atoms with Gasteiger partial charge in [0.25, 0.3) is 0 Å². The van der Waals surface area contributed by atoms with Gasteiger partial charge in [-0.05, 0) is 0 Å². The summed E-state index contributed by atoms with van der Waals surface area (Å²) in [6.45, 7) is 6.41. The third-order valence-electron chi connectivity index (χ3n) is 3.89. The van der Waals surface area contributed by atoms with Crippen LogP contribution in [0.15, 0.2) is 24.3 Å². The maximum absolute atomic E-state index is 3.93. The Hall–Kier alpha value is -0.331. The fourth-order valence-corrected chi connectivity index (χ4v) is 3.82. The molecule has 1 nitrogen and oxygen atoms in total. The Balaban J connectivity index is 2.06. The monoisotopic (exact) mass is 297 g/mol. The molecule has 0 amide bonds. The molecule has 94 valence electrons. The van der Waals surface area contributed by atoms with Crippen LogP contribution < -0.4 is 0 Å². The van der Waals surface area contributed by atoms with Crippen molar-refractivity contribution in [1.82, 2.24) is 4.90 Å². The average molecular weight is 296 g/mol. The molecule has 1 fully saturated rings. The summed E-state index contributed by atoms with van der Waals surface area (Å²) in [5.41, 5.74) is 1.65. The average Bonchev–Trinajstić information content (AvgIpc) is 2.90. The predicted molar refractivity (Wildman–Crippen MR) is 76.4 cm³/mol. The normalized spacial score (nSPS) is 22.1. The van der Waals surface area contributed by atoms with E-state index in [1.807, 2.05) is 0 Å². The molecule has 1 aliphatic heterocycles. The summed E-state index contributed by atoms with van der Waals surface area (Å²) in [4.78, 5) is 2.55. The first-order valence-corrected chi connectivity index (χ1v) is 7.77. The van der Waals surface area contributed by atoms with Crippen LogP contribution in [0.25, 0.3) is 0 Å². The standard InChI is InChI=1S/C15H23NSe/c1-2-8-14(13-9-4-3-5-10-13)15(17)16-11-6-7-12-16/h2,9,14H,1,3-8,10-12H2. The van der Waals surface area contributed by atoms with Crippen LogP contribution in [0.5, 0.6) is 0 Å². The number of hydrogen-bond acceptors (Lipinski definition) is 1. The van der Waals surface area contributed by atoms with E-state index in [1.54, 1.807) is 5.57 Å². The van der Waals surface area contributed by atoms with E-state index in [1.165, 1.54) is 56.2 Å². The van der Waals surface area contributed by atoms with E-state index < -0.39 is 0 Å². The summed E-state index contributed by atoms with van der Waals surface area (Å²) in [5, 5.41) is 0. The van der Waals surface area contributed by atoms with Gasteiger partial charge in [-0.2, -0.15) is 0 Å². The summed E-state index contributed by atoms with van der Waals surface area (Å²) < 4.78 is 1.47. The van der Waals surface area contributed by atoms with Crippen molar-refractivity contribution < 1.29 is 0 Å². The van der Waals surface area contributed by atoms with Gasteiger partial charge in [0.15, 0.2) is 0 Å². The van der Waals surface area contributed by atoms with Crippen molar-refractivity contribution in [2.24, 2.45) is 5.92 Å². The Morgan fingerprint density at radius 1 is 1.35 bits per heavy atom. The molecule has 1 heterocycles. The van der Waals surface area contributed by atoms with E-state index in [-0.39, 0.29) is 0 Å². The van der Waals surface area contributed by atoms with Crippen molar-refractivity contribution in [3.63, 3.8) is 0 Å². The van der Waals surface area contributed by atoms with Crippen molar-refractivity contribution in [1.29, 1.82) is 0 Å². The zero-order valence-corrected chi connectivity index (χ0v) is 12.4. The molecular weight excluding hydrogens is 273 g/mol. The minimum absolute atomic E-state index is 0.589. The number of hydrogen-bond donors (Lipinski definition) is 0. The maximum atomic E-state index is 3.93. The molecule has 1 unspecified atom stereocenters. The van der Waals surface area contributed by atoms with Gasteiger partial charge in [-0.15, -0.1) is 0 Å². The first-order chi connectivity index (χ1) is 8.33. The van der Waals surface area contributed by atoms with E-state index in [0.29, 0.717) is 5.92 Å². The molecule has 0 saturated carbocycles. The molecule has 1 atom stereocenters. The van der Waals surface area contributed by atoms with Crippen molar-refractivity contribution in [2.45, 2.75) is 44.9 Å². The summed E-state index contributed by atoms with van der Waals surface area (Å²) >= 11 is 3.36. The number of rotatable bonds is 5. The molecule has 2 rings (SSSR count). The third kappa shape index (κ3) is 3.33. The van der Waals surface area contributed by atoms with Gasteiger partial charge in [0.05, 0.1) is 0 Å². The van der Waals surface area contributed by atoms with Crippen molar-refractivity contribution in [3.05, 3.63) is 24.3 Å². The van der Waals surface area contributed by atoms with Crippen LogP contribution in [0, 0.1) is 5.92 Å². The van der Waals surface area contributed by atoms with Gasteiger partial charge < -0.3 is 0 Å². The van der Waals surface area contributed by atoms with E-state index in [0.717, 1.165) is 6.42 Å². The molecule has 0 aromatic carbocycles. The van der Waals surface area contributed by atoms with Crippen molar-refractivity contribution in [3.8, 4) is 0 Å². The van der Waals surface area contributed by atoms with Gasteiger partial charge in [-0.1, -0.05) is 0 Å². The molecule has 2 heteroatoms. The SMILES string of the molecule is C=CCC(C(=[Se])N1CCCC1)C1=CCCCC1. The van der Waals surface area contributed by atoms with E-state index in [2.05, 4.69) is 39.2 Å². The van der Waals surface area contributed by atoms with Gasteiger partial charge in [-0.25, -0.2) is 0 Å². The zero-order valence-electron chi connectivity index (χ0n) is 10.7. The first-order valence-electron chi connectivity index (χ1n) is 6.91. The Labute approximate surface area is 113 Å². The van der Waals surface area contributed by atoms with Crippen LogP contribution in [0.3, 0.4) is 0 Å². The van der Waals surface area contributed by atoms with Gasteiger partial charge >= 0.3 is 113 Å². The Morgan fingerprint density at radius 3 is 2.71 bits per heavy atom. The predicted octanol–water partition coefficient (Wildman–Crippen LogP) is 3.07. The molecule has 0 spiro atoms. The second kappa shape index (κ2) is 6.56. The molecular formula is C15H23NSe. The molecule has 2 aliphatic rings. The fourth-order valence-electron chi connectivity index (χ4n) is 2.91. The molecule has 0 N–H and O–H groups in total. The van der Waals surface area contributed by atoms with Crippen LogP contribution in [0.2, 0.25) is 0 Å². The van der Waals surface area contributed by atoms with Gasteiger partial charge in [0, 0.05) is 0 Å². The van der Waals surface area contributed by atoms with Crippen molar-refractivity contribution in [2.75, 3.05) is 13.1 Å². The van der Waals surface area contributed by atoms with Crippen LogP contribution in [0.4, 0.5) is 0 Å². The second-order valence-corrected chi connectivity index (χ2v) is 6.01. The topological polar surface area (TPSA) is 3.24 Å². The summed E-state index contributed by atoms with van der Waals surface area (Å²) in [7, 11) is 0. The molecule has 0 radical (unpaired) electrons. The molecule has 17 heavy (non-hydrogen) atoms. The molecule has 0 aromatic heterocycles. The van der Waals surface area contributed by atoms with Crippen LogP contribution in [0.1, 0.15) is 44.9 Å². The van der Waals surface area contributed by atoms with Gasteiger partial charge in [0.2, 0.25) is 0 Å². The Bertz CT molecular complexity index is 313. The fraction of sp³-hybridized carbons (Fsp3) is 0.667. The van der Waals surface area contributed by atoms with Gasteiger partial charge in [-0.3, -0.25) is 0 Å². The van der Waals surface area contributed by atoms with Crippen LogP contribution in [-0.2, 0) is 0 Å². The second-order valence-electron chi connectivity index (χ2n) is 5.13. The number of likely N-dealkylation sites (tertiary alicyclic amines) is 1. The van der Waals surface area contributed by atoms with E-state index in [9.17, 15) is 0 Å². The molecule has 0 aromatic rings. The van der Waals surface area contributed by atoms with E-state index >= 15 is 0 Å². The number of nitrogens with zero attached hydrogens (tertiary/aromatic N) is 1. The summed E-state index contributed by atoms with van der Waals surface area (Å²) in [6, 6.07) is 0. The minimum atomic E-state index is 0.589. The zero-order chi connectivity index (χ0) is 12.1. The number of allylic oxidation sites excluding steroid dienone is 2. The van der Waals surface area contributed by atoms with Crippen LogP contribution >= 0.6 is 0 Å². The first kappa shape index (κ1) is 13.1.